The first kappa shape index (κ1) is 26.5. The molecule has 1 aliphatic rings. The zero-order valence-corrected chi connectivity index (χ0v) is 23.7. The highest BCUT2D eigenvalue weighted by molar-refractivity contribution is 7.29. The molecule has 3 heterocycles. The second kappa shape index (κ2) is 10.1. The van der Waals surface area contributed by atoms with Crippen LogP contribution in [0.1, 0.15) is 42.0 Å². The summed E-state index contributed by atoms with van der Waals surface area (Å²) in [7, 11) is 0. The molecule has 1 saturated carbocycles. The van der Waals surface area contributed by atoms with E-state index in [9.17, 15) is 14.7 Å². The number of ether oxygens (including phenoxy) is 1. The number of carbonyl (C=O) groups is 2. The molecule has 0 aliphatic heterocycles. The largest absolute Gasteiger partial charge is 0.481 e. The fourth-order valence-electron chi connectivity index (χ4n) is 4.59. The number of carboxylic acid groups (broad SMARTS) is 1. The number of aliphatic carboxylic acids is 1. The number of carbonyl (C=O) groups excluding carboxylic acids is 1. The number of aryl methyl sites for hydroxylation is 1. The Morgan fingerprint density at radius 3 is 2.38 bits per heavy atom. The topological polar surface area (TPSA) is 88.5 Å². The van der Waals surface area contributed by atoms with Crippen LogP contribution in [-0.4, -0.2) is 21.5 Å². The Morgan fingerprint density at radius 2 is 1.70 bits per heavy atom. The van der Waals surface area contributed by atoms with Crippen molar-refractivity contribution in [2.75, 3.05) is 5.32 Å². The monoisotopic (exact) mass is 596 g/mol. The second-order valence-electron chi connectivity index (χ2n) is 9.70. The molecule has 5 aromatic rings. The Hall–Kier alpha value is -3.67. The lowest BCUT2D eigenvalue weighted by Gasteiger charge is -2.15. The molecular formula is C29H22F2N2O4S3. The Bertz CT molecular complexity index is 1740. The minimum absolute atomic E-state index is 0.0176. The van der Waals surface area contributed by atoms with E-state index in [2.05, 4.69) is 9.69 Å². The highest BCUT2D eigenvalue weighted by Crippen LogP contribution is 2.53. The van der Waals surface area contributed by atoms with Crippen molar-refractivity contribution in [3.8, 4) is 20.9 Å². The van der Waals surface area contributed by atoms with Crippen LogP contribution in [0.15, 0.2) is 54.6 Å². The van der Waals surface area contributed by atoms with Gasteiger partial charge in [-0.15, -0.1) is 22.7 Å². The van der Waals surface area contributed by atoms with Gasteiger partial charge in [0.1, 0.15) is 23.2 Å². The van der Waals surface area contributed by atoms with E-state index in [0.29, 0.717) is 23.4 Å². The Kier molecular flexibility index (Phi) is 6.68. The number of nitrogens with zero attached hydrogens (tertiary/aromatic N) is 1. The second-order valence-corrected chi connectivity index (χ2v) is 12.6. The van der Waals surface area contributed by atoms with Gasteiger partial charge in [0, 0.05) is 30.3 Å². The molecule has 40 heavy (non-hydrogen) atoms. The summed E-state index contributed by atoms with van der Waals surface area (Å²) in [6.07, 6.45) is -0.0167. The summed E-state index contributed by atoms with van der Waals surface area (Å²) in [4.78, 5) is 26.0. The number of hydrogen-bond donors (Lipinski definition) is 2. The number of nitrogens with one attached hydrogen (secondary N) is 1. The molecular weight excluding hydrogens is 575 g/mol. The summed E-state index contributed by atoms with van der Waals surface area (Å²) in [6, 6.07) is 15.1. The summed E-state index contributed by atoms with van der Waals surface area (Å²) in [5, 5.41) is 12.2. The van der Waals surface area contributed by atoms with Crippen LogP contribution >= 0.6 is 34.2 Å². The van der Waals surface area contributed by atoms with Crippen LogP contribution in [0.5, 0.6) is 0 Å². The molecule has 2 N–H and O–H groups in total. The van der Waals surface area contributed by atoms with Gasteiger partial charge in [0.25, 0.3) is 0 Å². The maximum Gasteiger partial charge on any atom is 0.412 e. The summed E-state index contributed by atoms with van der Waals surface area (Å²) in [6.45, 7) is 3.41. The highest BCUT2D eigenvalue weighted by atomic mass is 32.1. The normalized spacial score (nSPS) is 14.7. The lowest BCUT2D eigenvalue weighted by Crippen LogP contribution is -2.17. The zero-order valence-electron chi connectivity index (χ0n) is 21.3. The number of aromatic nitrogens is 1. The molecule has 1 atom stereocenters. The van der Waals surface area contributed by atoms with E-state index in [1.165, 1.54) is 22.7 Å². The van der Waals surface area contributed by atoms with Crippen LogP contribution in [0.4, 0.5) is 19.3 Å². The molecule has 1 fully saturated rings. The molecule has 0 radical (unpaired) electrons. The molecule has 3 aromatic heterocycles. The molecule has 6 nitrogen and oxygen atoms in total. The molecule has 1 unspecified atom stereocenters. The van der Waals surface area contributed by atoms with E-state index in [1.54, 1.807) is 19.9 Å². The first-order valence-corrected chi connectivity index (χ1v) is 14.8. The SMILES string of the molecule is Cc1nsc(-c2cc(F)c(-c3cc4sc(C5(C(=O)O)CC5)cc4s3)cc2F)c1NC(=O)OC(C)c1ccccc1. The van der Waals surface area contributed by atoms with Gasteiger partial charge in [-0.05, 0) is 68.1 Å². The number of benzene rings is 2. The van der Waals surface area contributed by atoms with Crippen molar-refractivity contribution in [2.24, 2.45) is 0 Å². The maximum atomic E-state index is 15.5. The summed E-state index contributed by atoms with van der Waals surface area (Å²) in [5.74, 6) is -2.10. The predicted molar refractivity (Wildman–Crippen MR) is 154 cm³/mol. The van der Waals surface area contributed by atoms with Crippen molar-refractivity contribution in [1.29, 1.82) is 0 Å². The molecule has 6 rings (SSSR count). The molecule has 204 valence electrons. The van der Waals surface area contributed by atoms with Gasteiger partial charge in [-0.25, -0.2) is 13.6 Å². The van der Waals surface area contributed by atoms with Crippen molar-refractivity contribution >= 4 is 61.4 Å². The first-order valence-electron chi connectivity index (χ1n) is 12.4. The smallest absolute Gasteiger partial charge is 0.412 e. The molecule has 1 amide bonds. The van der Waals surface area contributed by atoms with Crippen LogP contribution in [0, 0.1) is 18.6 Å². The fraction of sp³-hybridized carbons (Fsp3) is 0.207. The van der Waals surface area contributed by atoms with Crippen molar-refractivity contribution in [3.05, 3.63) is 82.4 Å². The Balaban J connectivity index is 1.26. The van der Waals surface area contributed by atoms with Crippen molar-refractivity contribution < 1.29 is 28.2 Å². The lowest BCUT2D eigenvalue weighted by atomic mass is 10.1. The predicted octanol–water partition coefficient (Wildman–Crippen LogP) is 8.77. The van der Waals surface area contributed by atoms with Crippen molar-refractivity contribution in [3.63, 3.8) is 0 Å². The minimum atomic E-state index is -0.823. The summed E-state index contributed by atoms with van der Waals surface area (Å²) in [5.41, 5.74) is 0.835. The van der Waals surface area contributed by atoms with Crippen LogP contribution in [0.2, 0.25) is 0 Å². The third-order valence-electron chi connectivity index (χ3n) is 7.05. The molecule has 11 heteroatoms. The Morgan fingerprint density at radius 1 is 1.02 bits per heavy atom. The van der Waals surface area contributed by atoms with Gasteiger partial charge in [0.15, 0.2) is 0 Å². The van der Waals surface area contributed by atoms with E-state index in [4.69, 9.17) is 4.74 Å². The van der Waals surface area contributed by atoms with E-state index < -0.39 is 35.2 Å². The standard InChI is InChI=1S/C29H22F2N2O4S3/c1-14-25(32-28(36)37-15(2)16-6-4-3-5-7-16)26(40-33-14)18-11-19(30)17(10-20(18)31)21-12-22-23(38-21)13-24(39-22)29(8-9-29)27(34)35/h3-7,10-13,15H,8-9H2,1-2H3,(H,32,36)(H,34,35). The molecule has 2 aromatic carbocycles. The lowest BCUT2D eigenvalue weighted by molar-refractivity contribution is -0.139. The quantitative estimate of drug-likeness (QED) is 0.196. The zero-order chi connectivity index (χ0) is 28.2. The van der Waals surface area contributed by atoms with Crippen molar-refractivity contribution in [1.82, 2.24) is 4.37 Å². The van der Waals surface area contributed by atoms with E-state index in [0.717, 1.165) is 43.5 Å². The Labute approximate surface area is 240 Å². The molecule has 0 spiro atoms. The van der Waals surface area contributed by atoms with Gasteiger partial charge in [-0.1, -0.05) is 30.3 Å². The van der Waals surface area contributed by atoms with Gasteiger partial charge in [0.2, 0.25) is 0 Å². The van der Waals surface area contributed by atoms with Gasteiger partial charge in [-0.3, -0.25) is 10.1 Å². The number of rotatable bonds is 7. The number of fused-ring (bicyclic) bond motifs is 1. The summed E-state index contributed by atoms with van der Waals surface area (Å²) >= 11 is 3.64. The number of amides is 1. The maximum absolute atomic E-state index is 15.5. The average Bonchev–Trinajstić information content (AvgIpc) is 3.34. The highest BCUT2D eigenvalue weighted by Gasteiger charge is 2.53. The summed E-state index contributed by atoms with van der Waals surface area (Å²) < 4.78 is 42.3. The number of halogens is 2. The van der Waals surface area contributed by atoms with Gasteiger partial charge in [0.05, 0.1) is 16.3 Å². The van der Waals surface area contributed by atoms with E-state index in [1.807, 2.05) is 36.4 Å². The van der Waals surface area contributed by atoms with E-state index >= 15 is 8.78 Å². The average molecular weight is 597 g/mol. The van der Waals surface area contributed by atoms with Crippen LogP contribution in [0.25, 0.3) is 30.3 Å². The number of hydrogen-bond acceptors (Lipinski definition) is 7. The molecule has 0 saturated heterocycles. The first-order chi connectivity index (χ1) is 19.2. The minimum Gasteiger partial charge on any atom is -0.481 e. The van der Waals surface area contributed by atoms with E-state index in [-0.39, 0.29) is 21.7 Å². The van der Waals surface area contributed by atoms with Gasteiger partial charge >= 0.3 is 12.1 Å². The molecule has 0 bridgehead atoms. The molecule has 1 aliphatic carbocycles. The van der Waals surface area contributed by atoms with Crippen LogP contribution in [-0.2, 0) is 14.9 Å². The fourth-order valence-corrected chi connectivity index (χ4v) is 8.11. The van der Waals surface area contributed by atoms with Crippen molar-refractivity contribution in [2.45, 2.75) is 38.2 Å². The van der Waals surface area contributed by atoms with Crippen LogP contribution < -0.4 is 5.32 Å². The third kappa shape index (κ3) is 4.67. The van der Waals surface area contributed by atoms with Gasteiger partial charge < -0.3 is 9.84 Å². The number of carboxylic acids is 1. The van der Waals surface area contributed by atoms with Crippen LogP contribution in [0.3, 0.4) is 0 Å². The third-order valence-corrected chi connectivity index (χ3v) is 10.6. The number of anilines is 1. The van der Waals surface area contributed by atoms with Gasteiger partial charge in [-0.2, -0.15) is 4.37 Å². The number of thiophene rings is 2.